The van der Waals surface area contributed by atoms with Crippen molar-refractivity contribution in [2.75, 3.05) is 12.3 Å². The van der Waals surface area contributed by atoms with Crippen LogP contribution in [0.15, 0.2) is 41.7 Å². The molecule has 0 aliphatic rings. The van der Waals surface area contributed by atoms with Crippen LogP contribution in [0.5, 0.6) is 0 Å². The average molecular weight is 383 g/mol. The van der Waals surface area contributed by atoms with Gasteiger partial charge in [0, 0.05) is 19.3 Å². The Bertz CT molecular complexity index is 735. The molecule has 140 valence electrons. The first-order chi connectivity index (χ1) is 12.3. The van der Waals surface area contributed by atoms with E-state index in [-0.39, 0.29) is 16.8 Å². The molecule has 1 aromatic carbocycles. The van der Waals surface area contributed by atoms with Crippen molar-refractivity contribution in [2.24, 2.45) is 0 Å². The largest absolute Gasteiger partial charge is 0.433 e. The van der Waals surface area contributed by atoms with Crippen molar-refractivity contribution in [1.82, 2.24) is 14.9 Å². The van der Waals surface area contributed by atoms with Gasteiger partial charge in [-0.25, -0.2) is 9.97 Å². The number of carbonyl (C=O) groups is 1. The molecule has 0 saturated carbocycles. The maximum Gasteiger partial charge on any atom is 0.433 e. The summed E-state index contributed by atoms with van der Waals surface area (Å²) in [6.07, 6.45) is -2.68. The molecule has 2 aromatic rings. The Kier molecular flexibility index (Phi) is 7.02. The molecule has 0 aliphatic carbocycles. The van der Waals surface area contributed by atoms with Crippen molar-refractivity contribution in [3.63, 3.8) is 0 Å². The number of carbonyl (C=O) groups excluding carboxylic acids is 1. The molecular formula is C18H20F3N3OS. The summed E-state index contributed by atoms with van der Waals surface area (Å²) in [5.41, 5.74) is 1.14. The van der Waals surface area contributed by atoms with Crippen molar-refractivity contribution < 1.29 is 18.0 Å². The molecule has 0 saturated heterocycles. The quantitative estimate of drug-likeness (QED) is 0.527. The normalized spacial score (nSPS) is 11.4. The summed E-state index contributed by atoms with van der Waals surface area (Å²) in [4.78, 5) is 21.5. The summed E-state index contributed by atoms with van der Waals surface area (Å²) in [6, 6.07) is 8.71. The summed E-state index contributed by atoms with van der Waals surface area (Å²) >= 11 is 0.913. The van der Waals surface area contributed by atoms with Gasteiger partial charge in [0.25, 0.3) is 0 Å². The van der Waals surface area contributed by atoms with Gasteiger partial charge in [0.05, 0.1) is 5.75 Å². The average Bonchev–Trinajstić information content (AvgIpc) is 2.60. The molecular weight excluding hydrogens is 363 g/mol. The number of hydrogen-bond donors (Lipinski definition) is 0. The van der Waals surface area contributed by atoms with Crippen molar-refractivity contribution in [1.29, 1.82) is 0 Å². The Morgan fingerprint density at radius 3 is 2.50 bits per heavy atom. The molecule has 1 aromatic heterocycles. The highest BCUT2D eigenvalue weighted by atomic mass is 32.2. The molecule has 1 amide bonds. The highest BCUT2D eigenvalue weighted by molar-refractivity contribution is 7.99. The molecule has 0 aliphatic heterocycles. The molecule has 0 radical (unpaired) electrons. The molecule has 0 atom stereocenters. The fraction of sp³-hybridized carbons (Fsp3) is 0.389. The second-order valence-electron chi connectivity index (χ2n) is 5.81. The van der Waals surface area contributed by atoms with Crippen molar-refractivity contribution in [3.8, 4) is 0 Å². The van der Waals surface area contributed by atoms with Crippen LogP contribution in [0.25, 0.3) is 0 Å². The fourth-order valence-electron chi connectivity index (χ4n) is 2.26. The van der Waals surface area contributed by atoms with Crippen LogP contribution in [0, 0.1) is 6.92 Å². The molecule has 1 heterocycles. The molecule has 0 unspecified atom stereocenters. The van der Waals surface area contributed by atoms with Gasteiger partial charge < -0.3 is 4.90 Å². The number of amides is 1. The lowest BCUT2D eigenvalue weighted by Gasteiger charge is -2.22. The van der Waals surface area contributed by atoms with E-state index in [4.69, 9.17) is 0 Å². The zero-order chi connectivity index (χ0) is 19.2. The number of aryl methyl sites for hydroxylation is 1. The predicted molar refractivity (Wildman–Crippen MR) is 94.6 cm³/mol. The second kappa shape index (κ2) is 9.02. The van der Waals surface area contributed by atoms with E-state index < -0.39 is 11.9 Å². The van der Waals surface area contributed by atoms with Gasteiger partial charge in [-0.3, -0.25) is 4.79 Å². The smallest absolute Gasteiger partial charge is 0.338 e. The molecule has 8 heteroatoms. The fourth-order valence-corrected chi connectivity index (χ4v) is 2.99. The van der Waals surface area contributed by atoms with Gasteiger partial charge in [0.15, 0.2) is 5.16 Å². The Morgan fingerprint density at radius 2 is 1.88 bits per heavy atom. The van der Waals surface area contributed by atoms with Crippen molar-refractivity contribution in [2.45, 2.75) is 38.1 Å². The summed E-state index contributed by atoms with van der Waals surface area (Å²) < 4.78 is 38.1. The third-order valence-corrected chi connectivity index (χ3v) is 4.44. The summed E-state index contributed by atoms with van der Waals surface area (Å²) in [6.45, 7) is 5.01. The van der Waals surface area contributed by atoms with E-state index in [0.29, 0.717) is 13.1 Å². The van der Waals surface area contributed by atoms with E-state index in [1.807, 2.05) is 38.1 Å². The first kappa shape index (κ1) is 20.2. The molecule has 4 nitrogen and oxygen atoms in total. The predicted octanol–water partition coefficient (Wildman–Crippen LogP) is 4.33. The van der Waals surface area contributed by atoms with Crippen LogP contribution in [0.2, 0.25) is 0 Å². The van der Waals surface area contributed by atoms with Crippen LogP contribution in [0.4, 0.5) is 13.2 Å². The Labute approximate surface area is 154 Å². The minimum atomic E-state index is -4.53. The zero-order valence-electron chi connectivity index (χ0n) is 14.6. The SMILES string of the molecule is CCCN(Cc1ccc(C)cc1)C(=O)CSc1nccc(C(F)(F)F)n1. The van der Waals surface area contributed by atoms with Crippen LogP contribution in [0.3, 0.4) is 0 Å². The maximum absolute atomic E-state index is 12.7. The minimum absolute atomic E-state index is 0.00677. The lowest BCUT2D eigenvalue weighted by Crippen LogP contribution is -2.32. The van der Waals surface area contributed by atoms with E-state index in [9.17, 15) is 18.0 Å². The summed E-state index contributed by atoms with van der Waals surface area (Å²) in [7, 11) is 0. The Hall–Kier alpha value is -2.09. The molecule has 2 rings (SSSR count). The number of hydrogen-bond acceptors (Lipinski definition) is 4. The van der Waals surface area contributed by atoms with E-state index >= 15 is 0 Å². The van der Waals surface area contributed by atoms with Crippen LogP contribution >= 0.6 is 11.8 Å². The van der Waals surface area contributed by atoms with Gasteiger partial charge >= 0.3 is 6.18 Å². The first-order valence-electron chi connectivity index (χ1n) is 8.16. The Balaban J connectivity index is 2.00. The van der Waals surface area contributed by atoms with Crippen LogP contribution in [0.1, 0.15) is 30.2 Å². The molecule has 26 heavy (non-hydrogen) atoms. The topological polar surface area (TPSA) is 46.1 Å². The van der Waals surface area contributed by atoms with E-state index in [1.54, 1.807) is 4.90 Å². The van der Waals surface area contributed by atoms with Gasteiger partial charge in [-0.05, 0) is 25.0 Å². The monoisotopic (exact) mass is 383 g/mol. The van der Waals surface area contributed by atoms with E-state index in [1.165, 1.54) is 0 Å². The van der Waals surface area contributed by atoms with Crippen LogP contribution in [-0.2, 0) is 17.5 Å². The third-order valence-electron chi connectivity index (χ3n) is 3.59. The van der Waals surface area contributed by atoms with Gasteiger partial charge in [0.1, 0.15) is 5.69 Å². The highest BCUT2D eigenvalue weighted by Gasteiger charge is 2.32. The summed E-state index contributed by atoms with van der Waals surface area (Å²) in [5, 5.41) is -0.0556. The number of rotatable bonds is 7. The lowest BCUT2D eigenvalue weighted by molar-refractivity contribution is -0.141. The standard InChI is InChI=1S/C18H20F3N3OS/c1-3-10-24(11-14-6-4-13(2)5-7-14)16(25)12-26-17-22-9-8-15(23-17)18(19,20)21/h4-9H,3,10-12H2,1-2H3. The maximum atomic E-state index is 12.7. The van der Waals surface area contributed by atoms with Gasteiger partial charge in [-0.2, -0.15) is 13.2 Å². The number of aromatic nitrogens is 2. The lowest BCUT2D eigenvalue weighted by atomic mass is 10.1. The number of halogens is 3. The van der Waals surface area contributed by atoms with Crippen LogP contribution < -0.4 is 0 Å². The second-order valence-corrected chi connectivity index (χ2v) is 6.75. The molecule has 0 N–H and O–H groups in total. The van der Waals surface area contributed by atoms with E-state index in [2.05, 4.69) is 9.97 Å². The van der Waals surface area contributed by atoms with Gasteiger partial charge in [0.2, 0.25) is 5.91 Å². The zero-order valence-corrected chi connectivity index (χ0v) is 15.4. The van der Waals surface area contributed by atoms with Crippen molar-refractivity contribution >= 4 is 17.7 Å². The molecule has 0 spiro atoms. The third kappa shape index (κ3) is 6.01. The van der Waals surface area contributed by atoms with Crippen molar-refractivity contribution in [3.05, 3.63) is 53.3 Å². The molecule has 0 bridgehead atoms. The van der Waals surface area contributed by atoms with Gasteiger partial charge in [-0.15, -0.1) is 0 Å². The number of nitrogens with zero attached hydrogens (tertiary/aromatic N) is 3. The van der Waals surface area contributed by atoms with Gasteiger partial charge in [-0.1, -0.05) is 48.5 Å². The number of benzene rings is 1. The summed E-state index contributed by atoms with van der Waals surface area (Å²) in [5.74, 6) is -0.161. The Morgan fingerprint density at radius 1 is 1.19 bits per heavy atom. The van der Waals surface area contributed by atoms with E-state index in [0.717, 1.165) is 41.6 Å². The number of alkyl halides is 3. The highest BCUT2D eigenvalue weighted by Crippen LogP contribution is 2.28. The number of thioether (sulfide) groups is 1. The minimum Gasteiger partial charge on any atom is -0.338 e. The first-order valence-corrected chi connectivity index (χ1v) is 9.14. The van der Waals surface area contributed by atoms with Crippen LogP contribution in [-0.4, -0.2) is 33.1 Å². The molecule has 0 fully saturated rings.